The highest BCUT2D eigenvalue weighted by Gasteiger charge is 2.21. The van der Waals surface area contributed by atoms with Gasteiger partial charge in [-0.15, -0.1) is 0 Å². The normalized spacial score (nSPS) is 19.4. The average Bonchev–Trinajstić information content (AvgIpc) is 2.77. The molecular formula is C16H28N4S. The van der Waals surface area contributed by atoms with Gasteiger partial charge in [0.15, 0.2) is 5.16 Å². The summed E-state index contributed by atoms with van der Waals surface area (Å²) in [5.74, 6) is 2.06. The van der Waals surface area contributed by atoms with E-state index in [0.717, 1.165) is 36.3 Å². The monoisotopic (exact) mass is 308 g/mol. The second kappa shape index (κ2) is 8.47. The Labute approximate surface area is 133 Å². The van der Waals surface area contributed by atoms with Crippen LogP contribution in [0.5, 0.6) is 0 Å². The minimum Gasteiger partial charge on any atom is -0.370 e. The van der Waals surface area contributed by atoms with Crippen molar-refractivity contribution >= 4 is 23.4 Å². The number of nitrogens with one attached hydrogen (secondary N) is 1. The highest BCUT2D eigenvalue weighted by molar-refractivity contribution is 7.98. The van der Waals surface area contributed by atoms with Crippen molar-refractivity contribution in [2.45, 2.75) is 63.6 Å². The van der Waals surface area contributed by atoms with Crippen molar-refractivity contribution < 1.29 is 0 Å². The first-order valence-electron chi connectivity index (χ1n) is 8.22. The first-order valence-corrected chi connectivity index (χ1v) is 9.44. The van der Waals surface area contributed by atoms with Crippen molar-refractivity contribution in [2.75, 3.05) is 29.6 Å². The molecule has 0 radical (unpaired) electrons. The lowest BCUT2D eigenvalue weighted by molar-refractivity contribution is 0.550. The molecule has 118 valence electrons. The van der Waals surface area contributed by atoms with Crippen LogP contribution in [0.4, 0.5) is 11.6 Å². The van der Waals surface area contributed by atoms with E-state index in [2.05, 4.69) is 35.1 Å². The minimum atomic E-state index is 0.621. The number of hydrogen-bond acceptors (Lipinski definition) is 5. The molecule has 5 heteroatoms. The van der Waals surface area contributed by atoms with E-state index in [-0.39, 0.29) is 0 Å². The van der Waals surface area contributed by atoms with Gasteiger partial charge in [-0.25, -0.2) is 9.97 Å². The van der Waals surface area contributed by atoms with Gasteiger partial charge in [0.05, 0.1) is 0 Å². The highest BCUT2D eigenvalue weighted by Crippen LogP contribution is 2.27. The van der Waals surface area contributed by atoms with Gasteiger partial charge in [0, 0.05) is 25.2 Å². The second-order valence-corrected chi connectivity index (χ2v) is 6.40. The van der Waals surface area contributed by atoms with Crippen LogP contribution in [-0.2, 0) is 0 Å². The summed E-state index contributed by atoms with van der Waals surface area (Å²) in [6, 6.07) is 2.75. The molecule has 0 spiro atoms. The largest absolute Gasteiger partial charge is 0.370 e. The van der Waals surface area contributed by atoms with E-state index in [1.807, 2.05) is 6.26 Å². The van der Waals surface area contributed by atoms with Gasteiger partial charge in [0.25, 0.3) is 0 Å². The maximum absolute atomic E-state index is 4.76. The Morgan fingerprint density at radius 2 is 2.14 bits per heavy atom. The third kappa shape index (κ3) is 4.50. The van der Waals surface area contributed by atoms with Gasteiger partial charge in [-0.1, -0.05) is 38.5 Å². The lowest BCUT2D eigenvalue weighted by atomic mass is 10.1. The first-order chi connectivity index (χ1) is 10.3. The average molecular weight is 308 g/mol. The Hall–Kier alpha value is -0.970. The molecule has 21 heavy (non-hydrogen) atoms. The molecule has 0 saturated carbocycles. The third-order valence-corrected chi connectivity index (χ3v) is 4.62. The molecule has 0 bridgehead atoms. The SMILES string of the molecule is CCCNc1cc(N2CCCCCC2CC)nc(SC)n1. The van der Waals surface area contributed by atoms with Gasteiger partial charge in [-0.3, -0.25) is 0 Å². The maximum Gasteiger partial charge on any atom is 0.191 e. The molecule has 0 aromatic carbocycles. The van der Waals surface area contributed by atoms with Crippen LogP contribution in [0.2, 0.25) is 0 Å². The van der Waals surface area contributed by atoms with E-state index < -0.39 is 0 Å². The van der Waals surface area contributed by atoms with Crippen molar-refractivity contribution in [2.24, 2.45) is 0 Å². The fourth-order valence-corrected chi connectivity index (χ4v) is 3.27. The predicted molar refractivity (Wildman–Crippen MR) is 92.5 cm³/mol. The Morgan fingerprint density at radius 3 is 2.86 bits per heavy atom. The molecule has 1 aliphatic heterocycles. The quantitative estimate of drug-likeness (QED) is 0.630. The summed E-state index contributed by atoms with van der Waals surface area (Å²) in [6.45, 7) is 6.54. The van der Waals surface area contributed by atoms with E-state index >= 15 is 0 Å². The van der Waals surface area contributed by atoms with Crippen LogP contribution >= 0.6 is 11.8 Å². The van der Waals surface area contributed by atoms with Gasteiger partial charge >= 0.3 is 0 Å². The van der Waals surface area contributed by atoms with Crippen LogP contribution in [0, 0.1) is 0 Å². The summed E-state index contributed by atoms with van der Waals surface area (Å²) < 4.78 is 0. The Kier molecular flexibility index (Phi) is 6.61. The van der Waals surface area contributed by atoms with E-state index in [4.69, 9.17) is 4.98 Å². The molecule has 0 amide bonds. The molecule has 1 saturated heterocycles. The molecule has 1 aliphatic rings. The highest BCUT2D eigenvalue weighted by atomic mass is 32.2. The summed E-state index contributed by atoms with van der Waals surface area (Å²) in [4.78, 5) is 11.8. The van der Waals surface area contributed by atoms with Crippen LogP contribution < -0.4 is 10.2 Å². The summed E-state index contributed by atoms with van der Waals surface area (Å²) in [5, 5.41) is 4.27. The Balaban J connectivity index is 2.26. The number of anilines is 2. The van der Waals surface area contributed by atoms with Gasteiger partial charge in [-0.2, -0.15) is 0 Å². The van der Waals surface area contributed by atoms with Crippen molar-refractivity contribution in [1.29, 1.82) is 0 Å². The van der Waals surface area contributed by atoms with Gasteiger partial charge in [-0.05, 0) is 31.9 Å². The fourth-order valence-electron chi connectivity index (χ4n) is 2.90. The topological polar surface area (TPSA) is 41.0 Å². The van der Waals surface area contributed by atoms with Crippen molar-refractivity contribution in [3.63, 3.8) is 0 Å². The molecule has 1 fully saturated rings. The summed E-state index contributed by atoms with van der Waals surface area (Å²) in [5.41, 5.74) is 0. The lowest BCUT2D eigenvalue weighted by Gasteiger charge is -2.30. The molecular weight excluding hydrogens is 280 g/mol. The number of nitrogens with zero attached hydrogens (tertiary/aromatic N) is 3. The standard InChI is InChI=1S/C16H28N4S/c1-4-10-17-14-12-15(19-16(18-14)21-3)20-11-8-6-7-9-13(20)5-2/h12-13H,4-11H2,1-3H3,(H,17,18,19). The molecule has 1 aromatic rings. The maximum atomic E-state index is 4.76. The zero-order chi connectivity index (χ0) is 15.1. The second-order valence-electron chi connectivity index (χ2n) is 5.63. The third-order valence-electron chi connectivity index (χ3n) is 4.07. The van der Waals surface area contributed by atoms with Crippen molar-refractivity contribution in [3.8, 4) is 0 Å². The number of aromatic nitrogens is 2. The van der Waals surface area contributed by atoms with Crippen molar-refractivity contribution in [1.82, 2.24) is 9.97 Å². The molecule has 4 nitrogen and oxygen atoms in total. The summed E-state index contributed by atoms with van der Waals surface area (Å²) in [6.07, 6.45) is 9.58. The summed E-state index contributed by atoms with van der Waals surface area (Å²) >= 11 is 1.62. The van der Waals surface area contributed by atoms with Gasteiger partial charge < -0.3 is 10.2 Å². The zero-order valence-corrected chi connectivity index (χ0v) is 14.4. The van der Waals surface area contributed by atoms with E-state index in [1.54, 1.807) is 11.8 Å². The smallest absolute Gasteiger partial charge is 0.191 e. The van der Waals surface area contributed by atoms with Crippen LogP contribution in [-0.4, -0.2) is 35.4 Å². The first kappa shape index (κ1) is 16.4. The zero-order valence-electron chi connectivity index (χ0n) is 13.6. The van der Waals surface area contributed by atoms with Gasteiger partial charge in [0.1, 0.15) is 11.6 Å². The fraction of sp³-hybridized carbons (Fsp3) is 0.750. The van der Waals surface area contributed by atoms with E-state index in [9.17, 15) is 0 Å². The molecule has 1 atom stereocenters. The molecule has 1 aromatic heterocycles. The minimum absolute atomic E-state index is 0.621. The Bertz CT molecular complexity index is 438. The van der Waals surface area contributed by atoms with E-state index in [1.165, 1.54) is 32.1 Å². The molecule has 1 unspecified atom stereocenters. The lowest BCUT2D eigenvalue weighted by Crippen LogP contribution is -2.35. The predicted octanol–water partition coefficient (Wildman–Crippen LogP) is 4.18. The molecule has 1 N–H and O–H groups in total. The Morgan fingerprint density at radius 1 is 1.29 bits per heavy atom. The van der Waals surface area contributed by atoms with Gasteiger partial charge in [0.2, 0.25) is 0 Å². The summed E-state index contributed by atoms with van der Waals surface area (Å²) in [7, 11) is 0. The van der Waals surface area contributed by atoms with Crippen LogP contribution in [0.3, 0.4) is 0 Å². The van der Waals surface area contributed by atoms with Crippen LogP contribution in [0.15, 0.2) is 11.2 Å². The van der Waals surface area contributed by atoms with Crippen LogP contribution in [0.1, 0.15) is 52.4 Å². The molecule has 2 rings (SSSR count). The number of thioether (sulfide) groups is 1. The van der Waals surface area contributed by atoms with E-state index in [0.29, 0.717) is 6.04 Å². The molecule has 2 heterocycles. The number of hydrogen-bond donors (Lipinski definition) is 1. The van der Waals surface area contributed by atoms with Crippen molar-refractivity contribution in [3.05, 3.63) is 6.07 Å². The van der Waals surface area contributed by atoms with Crippen LogP contribution in [0.25, 0.3) is 0 Å². The number of rotatable bonds is 6. The molecule has 0 aliphatic carbocycles.